The lowest BCUT2D eigenvalue weighted by Crippen LogP contribution is -2.29. The van der Waals surface area contributed by atoms with E-state index in [1.807, 2.05) is 61.5 Å². The fraction of sp³-hybridized carbons (Fsp3) is 0.206. The summed E-state index contributed by atoms with van der Waals surface area (Å²) >= 11 is 0. The van der Waals surface area contributed by atoms with Gasteiger partial charge in [0, 0.05) is 24.5 Å². The van der Waals surface area contributed by atoms with E-state index in [0.29, 0.717) is 23.8 Å². The number of nitrogens with zero attached hydrogens (tertiary/aromatic N) is 2. The number of carbonyl (C=O) groups is 2. The minimum atomic E-state index is -0.730. The molecule has 202 valence electrons. The first-order valence-corrected chi connectivity index (χ1v) is 13.4. The highest BCUT2D eigenvalue weighted by molar-refractivity contribution is 6.46. The summed E-state index contributed by atoms with van der Waals surface area (Å²) in [5.74, 6) is -0.585. The Kier molecular flexibility index (Phi) is 7.78. The van der Waals surface area contributed by atoms with Crippen LogP contribution in [0.1, 0.15) is 59.2 Å². The Morgan fingerprint density at radius 2 is 1.62 bits per heavy atom. The lowest BCUT2D eigenvalue weighted by Gasteiger charge is -2.25. The molecule has 1 N–H and O–H groups in total. The molecule has 6 nitrogen and oxygen atoms in total. The highest BCUT2D eigenvalue weighted by Gasteiger charge is 2.46. The van der Waals surface area contributed by atoms with E-state index in [1.165, 1.54) is 4.90 Å². The molecule has 40 heavy (non-hydrogen) atoms. The van der Waals surface area contributed by atoms with E-state index >= 15 is 0 Å². The van der Waals surface area contributed by atoms with E-state index in [-0.39, 0.29) is 17.9 Å². The van der Waals surface area contributed by atoms with E-state index in [1.54, 1.807) is 36.7 Å². The van der Waals surface area contributed by atoms with Crippen molar-refractivity contribution in [3.05, 3.63) is 136 Å². The summed E-state index contributed by atoms with van der Waals surface area (Å²) in [6.07, 6.45) is 3.31. The maximum atomic E-state index is 13.4. The predicted octanol–water partition coefficient (Wildman–Crippen LogP) is 6.71. The summed E-state index contributed by atoms with van der Waals surface area (Å²) in [5.41, 5.74) is 5.49. The number of hydrogen-bond donors (Lipinski definition) is 1. The summed E-state index contributed by atoms with van der Waals surface area (Å²) < 4.78 is 5.92. The quantitative estimate of drug-likeness (QED) is 0.155. The van der Waals surface area contributed by atoms with Crippen LogP contribution in [0.25, 0.3) is 5.76 Å². The zero-order valence-electron chi connectivity index (χ0n) is 22.9. The van der Waals surface area contributed by atoms with Gasteiger partial charge in [0.25, 0.3) is 11.7 Å². The van der Waals surface area contributed by atoms with Gasteiger partial charge in [-0.05, 0) is 71.5 Å². The molecule has 1 atom stereocenters. The van der Waals surface area contributed by atoms with Gasteiger partial charge in [-0.2, -0.15) is 0 Å². The molecule has 1 aliphatic heterocycles. The van der Waals surface area contributed by atoms with Gasteiger partial charge in [0.1, 0.15) is 18.1 Å². The van der Waals surface area contributed by atoms with Gasteiger partial charge in [-0.3, -0.25) is 14.6 Å². The Morgan fingerprint density at radius 1 is 0.925 bits per heavy atom. The number of aliphatic hydroxyl groups is 1. The summed E-state index contributed by atoms with van der Waals surface area (Å²) in [4.78, 5) is 32.3. The van der Waals surface area contributed by atoms with Gasteiger partial charge in [-0.25, -0.2) is 0 Å². The van der Waals surface area contributed by atoms with Gasteiger partial charge in [0.05, 0.1) is 11.6 Å². The number of ketones is 1. The zero-order chi connectivity index (χ0) is 28.2. The van der Waals surface area contributed by atoms with Crippen molar-refractivity contribution in [3.63, 3.8) is 0 Å². The van der Waals surface area contributed by atoms with Crippen LogP contribution in [0.4, 0.5) is 0 Å². The Labute approximate surface area is 234 Å². The number of pyridine rings is 1. The number of aliphatic hydroxyl groups excluding tert-OH is 1. The van der Waals surface area contributed by atoms with Crippen LogP contribution < -0.4 is 4.74 Å². The monoisotopic (exact) mass is 532 g/mol. The molecular formula is C34H32N2O4. The lowest BCUT2D eigenvalue weighted by atomic mass is 9.93. The molecule has 1 unspecified atom stereocenters. The summed E-state index contributed by atoms with van der Waals surface area (Å²) in [6.45, 7) is 6.89. The Balaban J connectivity index is 1.48. The van der Waals surface area contributed by atoms with E-state index in [9.17, 15) is 14.7 Å². The van der Waals surface area contributed by atoms with Crippen LogP contribution in [0.5, 0.6) is 5.75 Å². The third-order valence-corrected chi connectivity index (χ3v) is 7.18. The molecule has 3 aromatic carbocycles. The standard InChI is InChI=1S/C34H32N2O4/c1-22(2)26-7-9-27(10-8-26)31-30(33(38)34(39)36(31)20-24-15-17-35-18-16-24)32(37)28-11-13-29(14-12-28)40-21-25-6-4-5-23(3)19-25/h4-19,22,31,37H,20-21H2,1-3H3/b32-30-. The summed E-state index contributed by atoms with van der Waals surface area (Å²) in [5, 5.41) is 11.4. The molecule has 4 aromatic rings. The predicted molar refractivity (Wildman–Crippen MR) is 155 cm³/mol. The highest BCUT2D eigenvalue weighted by Crippen LogP contribution is 2.40. The van der Waals surface area contributed by atoms with Crippen LogP contribution in [-0.4, -0.2) is 26.7 Å². The zero-order valence-corrected chi connectivity index (χ0v) is 22.9. The van der Waals surface area contributed by atoms with Gasteiger partial charge in [-0.15, -0.1) is 0 Å². The van der Waals surface area contributed by atoms with Gasteiger partial charge < -0.3 is 14.7 Å². The molecule has 1 saturated heterocycles. The van der Waals surface area contributed by atoms with Crippen LogP contribution in [-0.2, 0) is 22.7 Å². The van der Waals surface area contributed by atoms with Crippen LogP contribution in [0.3, 0.4) is 0 Å². The molecule has 1 aromatic heterocycles. The van der Waals surface area contributed by atoms with Crippen molar-refractivity contribution < 1.29 is 19.4 Å². The average molecular weight is 533 g/mol. The number of ether oxygens (including phenoxy) is 1. The van der Waals surface area contributed by atoms with Crippen molar-refractivity contribution in [1.82, 2.24) is 9.88 Å². The third kappa shape index (κ3) is 5.66. The Bertz CT molecular complexity index is 1540. The van der Waals surface area contributed by atoms with Crippen LogP contribution in [0.2, 0.25) is 0 Å². The maximum absolute atomic E-state index is 13.4. The van der Waals surface area contributed by atoms with Crippen molar-refractivity contribution in [1.29, 1.82) is 0 Å². The van der Waals surface area contributed by atoms with Crippen molar-refractivity contribution >= 4 is 17.4 Å². The molecule has 1 fully saturated rings. The topological polar surface area (TPSA) is 79.7 Å². The van der Waals surface area contributed by atoms with Crippen LogP contribution in [0.15, 0.2) is 103 Å². The molecule has 0 spiro atoms. The Hall–Kier alpha value is -4.71. The van der Waals surface area contributed by atoms with E-state index in [4.69, 9.17) is 4.74 Å². The number of likely N-dealkylation sites (tertiary alicyclic amines) is 1. The number of aryl methyl sites for hydroxylation is 1. The van der Waals surface area contributed by atoms with Crippen LogP contribution >= 0.6 is 0 Å². The van der Waals surface area contributed by atoms with Crippen molar-refractivity contribution in [2.75, 3.05) is 0 Å². The van der Waals surface area contributed by atoms with Gasteiger partial charge in [-0.1, -0.05) is 67.9 Å². The first-order valence-electron chi connectivity index (χ1n) is 13.4. The summed E-state index contributed by atoms with van der Waals surface area (Å²) in [6, 6.07) is 25.8. The van der Waals surface area contributed by atoms with E-state index < -0.39 is 17.7 Å². The molecule has 0 bridgehead atoms. The number of carbonyl (C=O) groups excluding carboxylic acids is 2. The second-order valence-electron chi connectivity index (χ2n) is 10.4. The van der Waals surface area contributed by atoms with E-state index in [2.05, 4.69) is 24.9 Å². The van der Waals surface area contributed by atoms with Crippen LogP contribution in [0, 0.1) is 6.92 Å². The smallest absolute Gasteiger partial charge is 0.295 e. The van der Waals surface area contributed by atoms with Crippen molar-refractivity contribution in [2.45, 2.75) is 45.9 Å². The summed E-state index contributed by atoms with van der Waals surface area (Å²) in [7, 11) is 0. The number of amides is 1. The minimum Gasteiger partial charge on any atom is -0.507 e. The SMILES string of the molecule is Cc1cccc(COc2ccc(/C(O)=C3/C(=O)C(=O)N(Cc4ccncc4)C3c3ccc(C(C)C)cc3)cc2)c1. The fourth-order valence-electron chi connectivity index (χ4n) is 4.97. The number of rotatable bonds is 8. The molecule has 5 rings (SSSR count). The molecular weight excluding hydrogens is 500 g/mol. The average Bonchev–Trinajstić information content (AvgIpc) is 3.21. The van der Waals surface area contributed by atoms with Crippen molar-refractivity contribution in [3.8, 4) is 5.75 Å². The maximum Gasteiger partial charge on any atom is 0.295 e. The highest BCUT2D eigenvalue weighted by atomic mass is 16.5. The van der Waals surface area contributed by atoms with Crippen molar-refractivity contribution in [2.24, 2.45) is 0 Å². The van der Waals surface area contributed by atoms with E-state index in [0.717, 1.165) is 27.8 Å². The molecule has 1 aliphatic rings. The first kappa shape index (κ1) is 26.9. The second kappa shape index (κ2) is 11.6. The molecule has 0 aliphatic carbocycles. The molecule has 2 heterocycles. The number of Topliss-reactive ketones (excluding diaryl/α,β-unsaturated/α-hetero) is 1. The molecule has 0 radical (unpaired) electrons. The van der Waals surface area contributed by atoms with Gasteiger partial charge in [0.15, 0.2) is 0 Å². The molecule has 1 amide bonds. The second-order valence-corrected chi connectivity index (χ2v) is 10.4. The molecule has 6 heteroatoms. The fourth-order valence-corrected chi connectivity index (χ4v) is 4.97. The van der Waals surface area contributed by atoms with Gasteiger partial charge >= 0.3 is 0 Å². The first-order chi connectivity index (χ1) is 19.3. The Morgan fingerprint density at radius 3 is 2.27 bits per heavy atom. The molecule has 0 saturated carbocycles. The number of benzene rings is 3. The normalized spacial score (nSPS) is 16.5. The third-order valence-electron chi connectivity index (χ3n) is 7.18. The number of aromatic nitrogens is 1. The van der Waals surface area contributed by atoms with Gasteiger partial charge in [0.2, 0.25) is 0 Å². The largest absolute Gasteiger partial charge is 0.507 e. The minimum absolute atomic E-state index is 0.0739. The lowest BCUT2D eigenvalue weighted by molar-refractivity contribution is -0.140. The number of hydrogen-bond acceptors (Lipinski definition) is 5.